The third kappa shape index (κ3) is 4.65. The Balaban J connectivity index is 1.45. The van der Waals surface area contributed by atoms with E-state index in [-0.39, 0.29) is 16.6 Å². The second-order valence-electron chi connectivity index (χ2n) is 7.54. The minimum Gasteiger partial charge on any atom is -0.497 e. The second kappa shape index (κ2) is 9.80. The van der Waals surface area contributed by atoms with E-state index in [1.165, 1.54) is 12.7 Å². The predicted molar refractivity (Wildman–Crippen MR) is 132 cm³/mol. The van der Waals surface area contributed by atoms with E-state index in [2.05, 4.69) is 17.6 Å². The highest BCUT2D eigenvalue weighted by atomic mass is 35.5. The Morgan fingerprint density at radius 2 is 1.50 bits per heavy atom. The van der Waals surface area contributed by atoms with Gasteiger partial charge in [-0.3, -0.25) is 14.4 Å². The van der Waals surface area contributed by atoms with Crippen LogP contribution in [0.15, 0.2) is 83.5 Å². The summed E-state index contributed by atoms with van der Waals surface area (Å²) >= 11 is 6.19. The smallest absolute Gasteiger partial charge is 0.283 e. The van der Waals surface area contributed by atoms with Gasteiger partial charge >= 0.3 is 0 Å². The van der Waals surface area contributed by atoms with Crippen LogP contribution in [0.25, 0.3) is 0 Å². The number of anilines is 3. The monoisotopic (exact) mass is 475 g/mol. The number of nitrogens with zero attached hydrogens (tertiary/aromatic N) is 1. The zero-order valence-corrected chi connectivity index (χ0v) is 19.3. The minimum atomic E-state index is -0.621. The molecule has 0 fully saturated rings. The SMILES string of the molecule is CCc1ccc(NC(=O)c2ccc(NC3=C(Cl)C(=O)N(c4ccc(OC)cc4)C3=O)cc2)cc1. The lowest BCUT2D eigenvalue weighted by atomic mass is 10.1. The lowest BCUT2D eigenvalue weighted by Crippen LogP contribution is -2.32. The zero-order chi connectivity index (χ0) is 24.2. The molecule has 0 spiro atoms. The Hall–Kier alpha value is -4.10. The summed E-state index contributed by atoms with van der Waals surface area (Å²) in [6.07, 6.45) is 0.926. The summed E-state index contributed by atoms with van der Waals surface area (Å²) in [7, 11) is 1.53. The van der Waals surface area contributed by atoms with E-state index in [4.69, 9.17) is 16.3 Å². The molecule has 7 nitrogen and oxygen atoms in total. The van der Waals surface area contributed by atoms with Crippen LogP contribution in [0.2, 0.25) is 0 Å². The average Bonchev–Trinajstić information content (AvgIpc) is 3.08. The Labute approximate surface area is 202 Å². The van der Waals surface area contributed by atoms with Crippen molar-refractivity contribution in [1.82, 2.24) is 0 Å². The van der Waals surface area contributed by atoms with Gasteiger partial charge in [-0.25, -0.2) is 4.90 Å². The highest BCUT2D eigenvalue weighted by molar-refractivity contribution is 6.53. The number of methoxy groups -OCH3 is 1. The van der Waals surface area contributed by atoms with Crippen LogP contribution in [0, 0.1) is 0 Å². The normalized spacial score (nSPS) is 13.3. The van der Waals surface area contributed by atoms with E-state index in [1.54, 1.807) is 48.5 Å². The standard InChI is InChI=1S/C26H22ClN3O4/c1-3-16-4-8-19(9-5-16)29-24(31)17-6-10-18(11-7-17)28-23-22(27)25(32)30(26(23)33)20-12-14-21(34-2)15-13-20/h4-15,28H,3H2,1-2H3,(H,29,31). The molecule has 0 bridgehead atoms. The van der Waals surface area contributed by atoms with Crippen molar-refractivity contribution in [3.05, 3.63) is 94.7 Å². The third-order valence-corrected chi connectivity index (χ3v) is 5.75. The topological polar surface area (TPSA) is 87.7 Å². The number of amides is 3. The predicted octanol–water partition coefficient (Wildman–Crippen LogP) is 4.95. The summed E-state index contributed by atoms with van der Waals surface area (Å²) < 4.78 is 5.11. The molecule has 3 amide bonds. The molecule has 0 unspecified atom stereocenters. The van der Waals surface area contributed by atoms with Gasteiger partial charge in [0.1, 0.15) is 16.5 Å². The molecule has 3 aromatic rings. The Morgan fingerprint density at radius 1 is 0.882 bits per heavy atom. The van der Waals surface area contributed by atoms with E-state index in [0.717, 1.165) is 11.3 Å². The van der Waals surface area contributed by atoms with Crippen LogP contribution in [0.5, 0.6) is 5.75 Å². The number of carbonyl (C=O) groups excluding carboxylic acids is 3. The maximum Gasteiger partial charge on any atom is 0.283 e. The molecule has 1 heterocycles. The van der Waals surface area contributed by atoms with Crippen LogP contribution in [0.4, 0.5) is 17.1 Å². The Morgan fingerprint density at radius 3 is 2.09 bits per heavy atom. The van der Waals surface area contributed by atoms with Gasteiger partial charge < -0.3 is 15.4 Å². The maximum atomic E-state index is 12.9. The summed E-state index contributed by atoms with van der Waals surface area (Å²) in [6.45, 7) is 2.07. The lowest BCUT2D eigenvalue weighted by Gasteiger charge is -2.15. The summed E-state index contributed by atoms with van der Waals surface area (Å²) in [4.78, 5) is 39.1. The molecule has 0 aromatic heterocycles. The first-order valence-corrected chi connectivity index (χ1v) is 11.0. The van der Waals surface area contributed by atoms with E-state index < -0.39 is 11.8 Å². The van der Waals surface area contributed by atoms with Gasteiger partial charge in [-0.2, -0.15) is 0 Å². The van der Waals surface area contributed by atoms with Crippen LogP contribution < -0.4 is 20.3 Å². The summed E-state index contributed by atoms with van der Waals surface area (Å²) in [5.74, 6) is -0.852. The van der Waals surface area contributed by atoms with Crippen LogP contribution >= 0.6 is 11.6 Å². The number of hydrogen-bond acceptors (Lipinski definition) is 5. The average molecular weight is 476 g/mol. The molecule has 0 saturated heterocycles. The van der Waals surface area contributed by atoms with E-state index in [1.807, 2.05) is 24.3 Å². The Kier molecular flexibility index (Phi) is 6.65. The number of benzene rings is 3. The molecule has 3 aromatic carbocycles. The van der Waals surface area contributed by atoms with E-state index >= 15 is 0 Å². The van der Waals surface area contributed by atoms with Crippen molar-refractivity contribution in [2.75, 3.05) is 22.6 Å². The molecular formula is C26H22ClN3O4. The van der Waals surface area contributed by atoms with Crippen molar-refractivity contribution in [2.45, 2.75) is 13.3 Å². The van der Waals surface area contributed by atoms with Crippen molar-refractivity contribution < 1.29 is 19.1 Å². The number of imide groups is 1. The Bertz CT molecular complexity index is 1270. The van der Waals surface area contributed by atoms with E-state index in [0.29, 0.717) is 28.4 Å². The number of carbonyl (C=O) groups is 3. The highest BCUT2D eigenvalue weighted by Gasteiger charge is 2.38. The van der Waals surface area contributed by atoms with Gasteiger partial charge in [-0.15, -0.1) is 0 Å². The fraction of sp³-hybridized carbons (Fsp3) is 0.115. The number of aryl methyl sites for hydroxylation is 1. The molecule has 0 saturated carbocycles. The number of rotatable bonds is 7. The lowest BCUT2D eigenvalue weighted by molar-refractivity contribution is -0.120. The van der Waals surface area contributed by atoms with Crippen molar-refractivity contribution in [1.29, 1.82) is 0 Å². The van der Waals surface area contributed by atoms with Crippen LogP contribution in [0.3, 0.4) is 0 Å². The molecule has 0 aliphatic carbocycles. The summed E-state index contributed by atoms with van der Waals surface area (Å²) in [5.41, 5.74) is 3.19. The molecule has 0 radical (unpaired) electrons. The van der Waals surface area contributed by atoms with Gasteiger partial charge in [-0.1, -0.05) is 30.7 Å². The number of nitrogens with one attached hydrogen (secondary N) is 2. The first-order chi connectivity index (χ1) is 16.4. The maximum absolute atomic E-state index is 12.9. The third-order valence-electron chi connectivity index (χ3n) is 5.39. The first kappa shape index (κ1) is 23.1. The fourth-order valence-corrected chi connectivity index (χ4v) is 3.67. The fourth-order valence-electron chi connectivity index (χ4n) is 3.45. The van der Waals surface area contributed by atoms with Crippen LogP contribution in [-0.2, 0) is 16.0 Å². The molecule has 172 valence electrons. The largest absolute Gasteiger partial charge is 0.497 e. The highest BCUT2D eigenvalue weighted by Crippen LogP contribution is 2.31. The quantitative estimate of drug-likeness (QED) is 0.472. The zero-order valence-electron chi connectivity index (χ0n) is 18.6. The minimum absolute atomic E-state index is 0.0318. The summed E-state index contributed by atoms with van der Waals surface area (Å²) in [5, 5.41) is 5.54. The summed E-state index contributed by atoms with van der Waals surface area (Å²) in [6, 6.07) is 20.7. The van der Waals surface area contributed by atoms with Gasteiger partial charge in [0.05, 0.1) is 12.8 Å². The molecule has 34 heavy (non-hydrogen) atoms. The van der Waals surface area contributed by atoms with Gasteiger partial charge in [0.2, 0.25) is 0 Å². The molecule has 2 N–H and O–H groups in total. The van der Waals surface area contributed by atoms with Gasteiger partial charge in [0.25, 0.3) is 17.7 Å². The molecule has 1 aliphatic heterocycles. The van der Waals surface area contributed by atoms with Gasteiger partial charge in [-0.05, 0) is 72.6 Å². The molecule has 0 atom stereocenters. The van der Waals surface area contributed by atoms with Crippen molar-refractivity contribution in [2.24, 2.45) is 0 Å². The van der Waals surface area contributed by atoms with Crippen molar-refractivity contribution in [3.8, 4) is 5.75 Å². The first-order valence-electron chi connectivity index (χ1n) is 10.6. The molecule has 8 heteroatoms. The van der Waals surface area contributed by atoms with Gasteiger partial charge in [0.15, 0.2) is 0 Å². The van der Waals surface area contributed by atoms with Gasteiger partial charge in [0, 0.05) is 16.9 Å². The van der Waals surface area contributed by atoms with E-state index in [9.17, 15) is 14.4 Å². The molecular weight excluding hydrogens is 454 g/mol. The van der Waals surface area contributed by atoms with Crippen LogP contribution in [0.1, 0.15) is 22.8 Å². The number of ether oxygens (including phenoxy) is 1. The van der Waals surface area contributed by atoms with Crippen molar-refractivity contribution in [3.63, 3.8) is 0 Å². The number of halogens is 1. The second-order valence-corrected chi connectivity index (χ2v) is 7.92. The molecule has 4 rings (SSSR count). The molecule has 1 aliphatic rings. The van der Waals surface area contributed by atoms with Crippen LogP contribution in [-0.4, -0.2) is 24.8 Å². The number of hydrogen-bond donors (Lipinski definition) is 2. The van der Waals surface area contributed by atoms with Crippen molar-refractivity contribution >= 4 is 46.4 Å².